The summed E-state index contributed by atoms with van der Waals surface area (Å²) in [4.78, 5) is 22.2. The SMILES string of the molecule is Cc1cc(S(=O)(=O)Nc2cc(Cl)cnc2C(=O)N(C)c2nccs2)ccc1Cl. The van der Waals surface area contributed by atoms with Crippen LogP contribution in [0.15, 0.2) is 46.9 Å². The molecule has 3 aromatic rings. The molecule has 0 aliphatic carbocycles. The number of aryl methyl sites for hydroxylation is 1. The van der Waals surface area contributed by atoms with Gasteiger partial charge >= 0.3 is 0 Å². The van der Waals surface area contributed by atoms with E-state index in [1.54, 1.807) is 18.5 Å². The molecule has 0 atom stereocenters. The van der Waals surface area contributed by atoms with Gasteiger partial charge in [0, 0.05) is 29.8 Å². The summed E-state index contributed by atoms with van der Waals surface area (Å²) in [7, 11) is -2.47. The summed E-state index contributed by atoms with van der Waals surface area (Å²) in [6, 6.07) is 5.63. The lowest BCUT2D eigenvalue weighted by atomic mass is 10.2. The Hall–Kier alpha value is -2.20. The average Bonchev–Trinajstić information content (AvgIpc) is 3.17. The average molecular weight is 457 g/mol. The van der Waals surface area contributed by atoms with Gasteiger partial charge in [-0.25, -0.2) is 18.4 Å². The molecular weight excluding hydrogens is 443 g/mol. The predicted octanol–water partition coefficient (Wildman–Crippen LogP) is 4.23. The molecule has 1 amide bonds. The van der Waals surface area contributed by atoms with Crippen molar-refractivity contribution in [1.82, 2.24) is 9.97 Å². The van der Waals surface area contributed by atoms with Crippen LogP contribution in [0.5, 0.6) is 0 Å². The lowest BCUT2D eigenvalue weighted by Gasteiger charge is -2.17. The summed E-state index contributed by atoms with van der Waals surface area (Å²) >= 11 is 13.2. The molecule has 0 saturated heterocycles. The van der Waals surface area contributed by atoms with E-state index in [1.165, 1.54) is 53.7 Å². The van der Waals surface area contributed by atoms with Gasteiger partial charge in [-0.15, -0.1) is 11.3 Å². The van der Waals surface area contributed by atoms with Crippen LogP contribution in [0.1, 0.15) is 16.1 Å². The minimum Gasteiger partial charge on any atom is -0.286 e. The van der Waals surface area contributed by atoms with Crippen LogP contribution in [0.4, 0.5) is 10.8 Å². The van der Waals surface area contributed by atoms with Crippen LogP contribution in [0.3, 0.4) is 0 Å². The Kier molecular flexibility index (Phi) is 5.90. The first-order chi connectivity index (χ1) is 13.2. The van der Waals surface area contributed by atoms with Crippen molar-refractivity contribution in [3.05, 3.63) is 63.3 Å². The van der Waals surface area contributed by atoms with Crippen molar-refractivity contribution >= 4 is 61.3 Å². The number of carbonyl (C=O) groups excluding carboxylic acids is 1. The summed E-state index contributed by atoms with van der Waals surface area (Å²) in [6.07, 6.45) is 2.83. The van der Waals surface area contributed by atoms with E-state index < -0.39 is 15.9 Å². The number of hydrogen-bond acceptors (Lipinski definition) is 6. The second-order valence-corrected chi connectivity index (χ2v) is 9.14. The molecule has 0 bridgehead atoms. The zero-order chi connectivity index (χ0) is 20.5. The second-order valence-electron chi connectivity index (χ2n) is 5.75. The van der Waals surface area contributed by atoms with Crippen LogP contribution in [-0.2, 0) is 10.0 Å². The molecule has 2 aromatic heterocycles. The number of pyridine rings is 1. The van der Waals surface area contributed by atoms with Crippen molar-refractivity contribution in [2.45, 2.75) is 11.8 Å². The third kappa shape index (κ3) is 4.27. The number of amides is 1. The molecule has 7 nitrogen and oxygen atoms in total. The Labute approximate surface area is 176 Å². The Bertz CT molecular complexity index is 1140. The predicted molar refractivity (Wildman–Crippen MR) is 111 cm³/mol. The first kappa shape index (κ1) is 20.5. The summed E-state index contributed by atoms with van der Waals surface area (Å²) in [6.45, 7) is 1.69. The number of anilines is 2. The molecule has 0 unspecified atom stereocenters. The summed E-state index contributed by atoms with van der Waals surface area (Å²) in [5.41, 5.74) is 0.471. The van der Waals surface area contributed by atoms with E-state index in [1.807, 2.05) is 0 Å². The van der Waals surface area contributed by atoms with Gasteiger partial charge in [0.25, 0.3) is 15.9 Å². The fourth-order valence-corrected chi connectivity index (χ4v) is 4.33. The number of aromatic nitrogens is 2. The standard InChI is InChI=1S/C17H14Cl2N4O3S2/c1-10-7-12(3-4-13(10)19)28(25,26)22-14-8-11(18)9-21-15(14)16(24)23(2)17-20-5-6-27-17/h3-9,22H,1-2H3. The fraction of sp³-hybridized carbons (Fsp3) is 0.118. The van der Waals surface area contributed by atoms with Gasteiger partial charge in [0.1, 0.15) is 0 Å². The molecule has 1 N–H and O–H groups in total. The van der Waals surface area contributed by atoms with Crippen molar-refractivity contribution in [2.75, 3.05) is 16.7 Å². The minimum atomic E-state index is -4.00. The first-order valence-electron chi connectivity index (χ1n) is 7.81. The van der Waals surface area contributed by atoms with Crippen LogP contribution >= 0.6 is 34.5 Å². The van der Waals surface area contributed by atoms with Crippen molar-refractivity contribution < 1.29 is 13.2 Å². The van der Waals surface area contributed by atoms with Gasteiger partial charge in [0.05, 0.1) is 15.6 Å². The van der Waals surface area contributed by atoms with Gasteiger partial charge in [0.2, 0.25) is 0 Å². The molecule has 28 heavy (non-hydrogen) atoms. The Morgan fingerprint density at radius 3 is 2.61 bits per heavy atom. The maximum Gasteiger partial charge on any atom is 0.280 e. The van der Waals surface area contributed by atoms with Gasteiger partial charge < -0.3 is 0 Å². The topological polar surface area (TPSA) is 92.3 Å². The van der Waals surface area contributed by atoms with Crippen LogP contribution in [-0.4, -0.2) is 31.3 Å². The van der Waals surface area contributed by atoms with E-state index in [0.717, 1.165) is 0 Å². The van der Waals surface area contributed by atoms with Crippen LogP contribution < -0.4 is 9.62 Å². The maximum absolute atomic E-state index is 12.8. The summed E-state index contributed by atoms with van der Waals surface area (Å²) in [5, 5.41) is 2.80. The number of benzene rings is 1. The quantitative estimate of drug-likeness (QED) is 0.619. The Morgan fingerprint density at radius 1 is 1.21 bits per heavy atom. The normalized spacial score (nSPS) is 11.3. The zero-order valence-corrected chi connectivity index (χ0v) is 17.8. The number of rotatable bonds is 5. The Balaban J connectivity index is 1.99. The molecule has 11 heteroatoms. The maximum atomic E-state index is 12.8. The molecule has 0 spiro atoms. The third-order valence-electron chi connectivity index (χ3n) is 3.75. The van der Waals surface area contributed by atoms with E-state index in [4.69, 9.17) is 23.2 Å². The van der Waals surface area contributed by atoms with Gasteiger partial charge in [-0.05, 0) is 36.8 Å². The number of hydrogen-bond donors (Lipinski definition) is 1. The minimum absolute atomic E-state index is 0.000975. The van der Waals surface area contributed by atoms with Crippen LogP contribution in [0, 0.1) is 6.92 Å². The van der Waals surface area contributed by atoms with Gasteiger partial charge in [-0.1, -0.05) is 23.2 Å². The van der Waals surface area contributed by atoms with E-state index in [-0.39, 0.29) is 21.3 Å². The monoisotopic (exact) mass is 456 g/mol. The van der Waals surface area contributed by atoms with Gasteiger partial charge in [0.15, 0.2) is 10.8 Å². The molecule has 0 aliphatic rings. The number of nitrogens with one attached hydrogen (secondary N) is 1. The van der Waals surface area contributed by atoms with Crippen LogP contribution in [0.2, 0.25) is 10.0 Å². The van der Waals surface area contributed by atoms with E-state index in [2.05, 4.69) is 14.7 Å². The number of carbonyl (C=O) groups is 1. The molecule has 146 valence electrons. The van der Waals surface area contributed by atoms with Crippen LogP contribution in [0.25, 0.3) is 0 Å². The van der Waals surface area contributed by atoms with E-state index in [9.17, 15) is 13.2 Å². The van der Waals surface area contributed by atoms with Crippen molar-refractivity contribution in [3.63, 3.8) is 0 Å². The second kappa shape index (κ2) is 8.04. The van der Waals surface area contributed by atoms with Crippen molar-refractivity contribution in [2.24, 2.45) is 0 Å². The van der Waals surface area contributed by atoms with E-state index in [0.29, 0.717) is 15.7 Å². The lowest BCUT2D eigenvalue weighted by molar-refractivity contribution is 0.0989. The highest BCUT2D eigenvalue weighted by atomic mass is 35.5. The molecule has 1 aromatic carbocycles. The molecule has 3 rings (SSSR count). The molecule has 0 fully saturated rings. The van der Waals surface area contributed by atoms with Crippen molar-refractivity contribution in [3.8, 4) is 0 Å². The number of thiazole rings is 1. The highest BCUT2D eigenvalue weighted by Crippen LogP contribution is 2.26. The first-order valence-corrected chi connectivity index (χ1v) is 10.9. The largest absolute Gasteiger partial charge is 0.286 e. The highest BCUT2D eigenvalue weighted by molar-refractivity contribution is 7.92. The molecule has 0 radical (unpaired) electrons. The summed E-state index contributed by atoms with van der Waals surface area (Å²) < 4.78 is 28.0. The van der Waals surface area contributed by atoms with Gasteiger partial charge in [-0.2, -0.15) is 0 Å². The number of sulfonamides is 1. The third-order valence-corrected chi connectivity index (χ3v) is 6.59. The number of nitrogens with zero attached hydrogens (tertiary/aromatic N) is 3. The molecule has 0 saturated carbocycles. The molecular formula is C17H14Cl2N4O3S2. The lowest BCUT2D eigenvalue weighted by Crippen LogP contribution is -2.28. The van der Waals surface area contributed by atoms with E-state index >= 15 is 0 Å². The zero-order valence-electron chi connectivity index (χ0n) is 14.7. The fourth-order valence-electron chi connectivity index (χ4n) is 2.30. The van der Waals surface area contributed by atoms with Gasteiger partial charge in [-0.3, -0.25) is 14.4 Å². The summed E-state index contributed by atoms with van der Waals surface area (Å²) in [5.74, 6) is -0.531. The highest BCUT2D eigenvalue weighted by Gasteiger charge is 2.24. The molecule has 0 aliphatic heterocycles. The molecule has 2 heterocycles. The Morgan fingerprint density at radius 2 is 1.96 bits per heavy atom. The smallest absolute Gasteiger partial charge is 0.280 e. The van der Waals surface area contributed by atoms with Crippen molar-refractivity contribution in [1.29, 1.82) is 0 Å². The number of halogens is 2.